The van der Waals surface area contributed by atoms with Gasteiger partial charge in [0.05, 0.1) is 0 Å². The van der Waals surface area contributed by atoms with E-state index < -0.39 is 0 Å². The zero-order valence-corrected chi connectivity index (χ0v) is 10.3. The van der Waals surface area contributed by atoms with Gasteiger partial charge in [-0.05, 0) is 31.1 Å². The molecule has 78 valence electrons. The summed E-state index contributed by atoms with van der Waals surface area (Å²) < 4.78 is 5.74. The van der Waals surface area contributed by atoms with E-state index in [0.29, 0.717) is 0 Å². The summed E-state index contributed by atoms with van der Waals surface area (Å²) in [5.41, 5.74) is 2.18. The molecule has 15 heavy (non-hydrogen) atoms. The highest BCUT2D eigenvalue weighted by molar-refractivity contribution is 9.09. The molecule has 0 spiro atoms. The van der Waals surface area contributed by atoms with Crippen LogP contribution in [0, 0.1) is 6.92 Å². The summed E-state index contributed by atoms with van der Waals surface area (Å²) in [7, 11) is 0. The average Bonchev–Trinajstić information content (AvgIpc) is 2.63. The van der Waals surface area contributed by atoms with Crippen LogP contribution in [0.2, 0.25) is 0 Å². The lowest BCUT2D eigenvalue weighted by molar-refractivity contribution is 0.601. The third-order valence-corrected chi connectivity index (χ3v) is 2.78. The minimum atomic E-state index is 0.931. The molecule has 1 nitrogen and oxygen atoms in total. The van der Waals surface area contributed by atoms with Crippen molar-refractivity contribution in [3.8, 4) is 0 Å². The van der Waals surface area contributed by atoms with Crippen molar-refractivity contribution in [2.75, 3.05) is 5.33 Å². The molecule has 0 atom stereocenters. The summed E-state index contributed by atoms with van der Waals surface area (Å²) in [4.78, 5) is 0. The van der Waals surface area contributed by atoms with Gasteiger partial charge in [0.2, 0.25) is 0 Å². The summed E-state index contributed by atoms with van der Waals surface area (Å²) in [5, 5.41) is 2.16. The summed E-state index contributed by atoms with van der Waals surface area (Å²) in [6, 6.07) is 8.28. The molecule has 0 N–H and O–H groups in total. The number of aryl methyl sites for hydroxylation is 1. The standard InChI is InChI=1S/C13H13BrO/c1-10-5-4-6-11-9-12(15-13(10)11)7-2-3-8-14/h2,4-7,9H,3,8H2,1H3/b7-2+. The van der Waals surface area contributed by atoms with Crippen LogP contribution in [0.15, 0.2) is 34.8 Å². The molecule has 1 aromatic carbocycles. The van der Waals surface area contributed by atoms with Crippen molar-refractivity contribution in [3.05, 3.63) is 41.7 Å². The fraction of sp³-hybridized carbons (Fsp3) is 0.231. The predicted octanol–water partition coefficient (Wildman–Crippen LogP) is 4.54. The number of benzene rings is 1. The molecule has 0 aliphatic carbocycles. The topological polar surface area (TPSA) is 13.1 Å². The van der Waals surface area contributed by atoms with E-state index in [2.05, 4.69) is 53.2 Å². The third-order valence-electron chi connectivity index (χ3n) is 2.32. The highest BCUT2D eigenvalue weighted by atomic mass is 79.9. The van der Waals surface area contributed by atoms with Gasteiger partial charge >= 0.3 is 0 Å². The summed E-state index contributed by atoms with van der Waals surface area (Å²) in [5.74, 6) is 0.931. The Hall–Kier alpha value is -1.02. The Morgan fingerprint density at radius 2 is 2.27 bits per heavy atom. The summed E-state index contributed by atoms with van der Waals surface area (Å²) in [6.45, 7) is 2.07. The maximum Gasteiger partial charge on any atom is 0.137 e. The molecule has 1 heterocycles. The minimum absolute atomic E-state index is 0.931. The molecule has 0 saturated carbocycles. The van der Waals surface area contributed by atoms with E-state index in [-0.39, 0.29) is 0 Å². The van der Waals surface area contributed by atoms with Crippen LogP contribution in [0.1, 0.15) is 17.7 Å². The second-order valence-electron chi connectivity index (χ2n) is 3.52. The molecular formula is C13H13BrO. The highest BCUT2D eigenvalue weighted by Gasteiger charge is 2.02. The van der Waals surface area contributed by atoms with E-state index >= 15 is 0 Å². The Bertz CT molecular complexity index is 482. The van der Waals surface area contributed by atoms with Crippen molar-refractivity contribution in [1.82, 2.24) is 0 Å². The molecule has 0 radical (unpaired) electrons. The molecule has 2 heteroatoms. The Labute approximate surface area is 97.9 Å². The van der Waals surface area contributed by atoms with Crippen LogP contribution >= 0.6 is 15.9 Å². The van der Waals surface area contributed by atoms with Crippen molar-refractivity contribution in [3.63, 3.8) is 0 Å². The van der Waals surface area contributed by atoms with Gasteiger partial charge in [0.25, 0.3) is 0 Å². The van der Waals surface area contributed by atoms with E-state index in [9.17, 15) is 0 Å². The van der Waals surface area contributed by atoms with Crippen molar-refractivity contribution in [2.45, 2.75) is 13.3 Å². The third kappa shape index (κ3) is 2.32. The van der Waals surface area contributed by atoms with E-state index in [1.54, 1.807) is 0 Å². The normalized spacial score (nSPS) is 11.6. The number of halogens is 1. The van der Waals surface area contributed by atoms with Gasteiger partial charge in [0, 0.05) is 10.7 Å². The minimum Gasteiger partial charge on any atom is -0.456 e. The molecule has 2 rings (SSSR count). The van der Waals surface area contributed by atoms with E-state index in [0.717, 1.165) is 23.1 Å². The Morgan fingerprint density at radius 3 is 3.00 bits per heavy atom. The first-order chi connectivity index (χ1) is 7.31. The number of para-hydroxylation sites is 1. The van der Waals surface area contributed by atoms with E-state index in [1.807, 2.05) is 6.08 Å². The second-order valence-corrected chi connectivity index (χ2v) is 4.32. The van der Waals surface area contributed by atoms with Crippen LogP contribution < -0.4 is 0 Å². The fourth-order valence-corrected chi connectivity index (χ4v) is 1.84. The van der Waals surface area contributed by atoms with E-state index in [4.69, 9.17) is 4.42 Å². The van der Waals surface area contributed by atoms with Gasteiger partial charge in [0.15, 0.2) is 0 Å². The quantitative estimate of drug-likeness (QED) is 0.742. The van der Waals surface area contributed by atoms with Crippen molar-refractivity contribution in [2.24, 2.45) is 0 Å². The van der Waals surface area contributed by atoms with Gasteiger partial charge in [-0.15, -0.1) is 0 Å². The van der Waals surface area contributed by atoms with Gasteiger partial charge in [-0.1, -0.05) is 40.2 Å². The molecule has 1 aromatic heterocycles. The van der Waals surface area contributed by atoms with Crippen LogP contribution in [0.5, 0.6) is 0 Å². The maximum atomic E-state index is 5.74. The van der Waals surface area contributed by atoms with Gasteiger partial charge in [-0.25, -0.2) is 0 Å². The maximum absolute atomic E-state index is 5.74. The average molecular weight is 265 g/mol. The lowest BCUT2D eigenvalue weighted by atomic mass is 10.2. The predicted molar refractivity (Wildman–Crippen MR) is 68.4 cm³/mol. The Kier molecular flexibility index (Phi) is 3.27. The van der Waals surface area contributed by atoms with Gasteiger partial charge in [-0.3, -0.25) is 0 Å². The van der Waals surface area contributed by atoms with Crippen LogP contribution in [0.3, 0.4) is 0 Å². The van der Waals surface area contributed by atoms with Crippen molar-refractivity contribution in [1.29, 1.82) is 0 Å². The van der Waals surface area contributed by atoms with Crippen LogP contribution in [-0.4, -0.2) is 5.33 Å². The second kappa shape index (κ2) is 4.67. The molecule has 0 unspecified atom stereocenters. The van der Waals surface area contributed by atoms with Crippen LogP contribution in [0.25, 0.3) is 17.0 Å². The number of alkyl halides is 1. The van der Waals surface area contributed by atoms with Crippen LogP contribution in [-0.2, 0) is 0 Å². The van der Waals surface area contributed by atoms with Crippen molar-refractivity contribution >= 4 is 33.0 Å². The highest BCUT2D eigenvalue weighted by Crippen LogP contribution is 2.23. The molecule has 0 aliphatic heterocycles. The molecule has 0 fully saturated rings. The fourth-order valence-electron chi connectivity index (χ4n) is 1.57. The zero-order valence-electron chi connectivity index (χ0n) is 8.66. The first-order valence-corrected chi connectivity index (χ1v) is 6.15. The summed E-state index contributed by atoms with van der Waals surface area (Å²) in [6.07, 6.45) is 5.17. The number of rotatable bonds is 3. The zero-order chi connectivity index (χ0) is 10.7. The monoisotopic (exact) mass is 264 g/mol. The Balaban J connectivity index is 2.35. The van der Waals surface area contributed by atoms with Crippen LogP contribution in [0.4, 0.5) is 0 Å². The first kappa shape index (κ1) is 10.5. The van der Waals surface area contributed by atoms with Gasteiger partial charge < -0.3 is 4.42 Å². The van der Waals surface area contributed by atoms with E-state index in [1.165, 1.54) is 10.9 Å². The number of hydrogen-bond acceptors (Lipinski definition) is 1. The first-order valence-electron chi connectivity index (χ1n) is 5.03. The van der Waals surface area contributed by atoms with Gasteiger partial charge in [-0.2, -0.15) is 0 Å². The SMILES string of the molecule is Cc1cccc2cc(/C=C/CCBr)oc12. The molecule has 0 saturated heterocycles. The Morgan fingerprint density at radius 1 is 1.40 bits per heavy atom. The van der Waals surface area contributed by atoms with Gasteiger partial charge in [0.1, 0.15) is 11.3 Å². The smallest absolute Gasteiger partial charge is 0.137 e. The molecule has 0 amide bonds. The molecule has 0 aliphatic rings. The lowest BCUT2D eigenvalue weighted by Crippen LogP contribution is -1.69. The molecular weight excluding hydrogens is 252 g/mol. The molecule has 0 bridgehead atoms. The van der Waals surface area contributed by atoms with Crippen molar-refractivity contribution < 1.29 is 4.42 Å². The number of hydrogen-bond donors (Lipinski definition) is 0. The summed E-state index contributed by atoms with van der Waals surface area (Å²) >= 11 is 3.39. The largest absolute Gasteiger partial charge is 0.456 e. The molecule has 2 aromatic rings. The number of furan rings is 1. The lowest BCUT2D eigenvalue weighted by Gasteiger charge is -1.91. The number of fused-ring (bicyclic) bond motifs is 1. The number of allylic oxidation sites excluding steroid dienone is 1.